The minimum absolute atomic E-state index is 0.332. The fourth-order valence-electron chi connectivity index (χ4n) is 1.84. The van der Waals surface area contributed by atoms with E-state index in [9.17, 15) is 9.59 Å². The number of allylic oxidation sites excluding steroid dienone is 1. The van der Waals surface area contributed by atoms with Crippen LogP contribution in [0.15, 0.2) is 30.9 Å². The van der Waals surface area contributed by atoms with Gasteiger partial charge in [0.1, 0.15) is 0 Å². The first kappa shape index (κ1) is 11.3. The molecule has 2 amide bonds. The molecule has 1 aromatic rings. The van der Waals surface area contributed by atoms with Gasteiger partial charge in [-0.05, 0) is 30.5 Å². The Hall–Kier alpha value is -2.16. The number of nitrogens with one attached hydrogen (secondary N) is 1. The molecule has 0 saturated carbocycles. The van der Waals surface area contributed by atoms with Crippen LogP contribution in [0.3, 0.4) is 0 Å². The van der Waals surface area contributed by atoms with Gasteiger partial charge in [0, 0.05) is 6.08 Å². The van der Waals surface area contributed by atoms with Crippen LogP contribution in [0.4, 0.5) is 0 Å². The molecule has 0 fully saturated rings. The predicted molar refractivity (Wildman–Crippen MR) is 67.0 cm³/mol. The summed E-state index contributed by atoms with van der Waals surface area (Å²) in [5, 5.41) is 2.24. The van der Waals surface area contributed by atoms with Crippen molar-refractivity contribution in [1.82, 2.24) is 5.32 Å². The number of aryl methyl sites for hydroxylation is 1. The predicted octanol–water partition coefficient (Wildman–Crippen LogP) is 2.07. The molecule has 0 saturated heterocycles. The molecule has 17 heavy (non-hydrogen) atoms. The zero-order valence-corrected chi connectivity index (χ0v) is 9.83. The average molecular weight is 227 g/mol. The Balaban J connectivity index is 2.48. The van der Waals surface area contributed by atoms with Crippen LogP contribution in [0, 0.1) is 6.92 Å². The molecule has 1 aromatic carbocycles. The first-order valence-corrected chi connectivity index (χ1v) is 5.33. The van der Waals surface area contributed by atoms with Crippen molar-refractivity contribution in [2.24, 2.45) is 0 Å². The number of benzene rings is 1. The SMILES string of the molecule is C=C(C)c1ccc(C2=CC(=O)NC2=O)c(C)c1. The third-order valence-corrected chi connectivity index (χ3v) is 2.77. The van der Waals surface area contributed by atoms with Gasteiger partial charge in [-0.3, -0.25) is 14.9 Å². The number of hydrogen-bond donors (Lipinski definition) is 1. The Morgan fingerprint density at radius 2 is 2.00 bits per heavy atom. The van der Waals surface area contributed by atoms with Crippen molar-refractivity contribution in [2.45, 2.75) is 13.8 Å². The Kier molecular flexibility index (Phi) is 2.68. The largest absolute Gasteiger partial charge is 0.289 e. The van der Waals surface area contributed by atoms with Crippen LogP contribution < -0.4 is 5.32 Å². The Morgan fingerprint density at radius 3 is 2.47 bits per heavy atom. The molecule has 1 heterocycles. The van der Waals surface area contributed by atoms with Gasteiger partial charge < -0.3 is 0 Å². The molecule has 3 nitrogen and oxygen atoms in total. The van der Waals surface area contributed by atoms with E-state index in [4.69, 9.17) is 0 Å². The summed E-state index contributed by atoms with van der Waals surface area (Å²) in [5.41, 5.74) is 4.19. The second-order valence-electron chi connectivity index (χ2n) is 4.19. The van der Waals surface area contributed by atoms with Crippen LogP contribution in [0.1, 0.15) is 23.6 Å². The van der Waals surface area contributed by atoms with Gasteiger partial charge in [-0.2, -0.15) is 0 Å². The van der Waals surface area contributed by atoms with Gasteiger partial charge in [-0.1, -0.05) is 30.4 Å². The molecule has 0 bridgehead atoms. The summed E-state index contributed by atoms with van der Waals surface area (Å²) in [4.78, 5) is 22.6. The minimum Gasteiger partial charge on any atom is -0.289 e. The molecule has 0 unspecified atom stereocenters. The van der Waals surface area contributed by atoms with Crippen LogP contribution in [-0.4, -0.2) is 11.8 Å². The molecule has 2 rings (SSSR count). The van der Waals surface area contributed by atoms with Crippen molar-refractivity contribution in [3.63, 3.8) is 0 Å². The number of imide groups is 1. The lowest BCUT2D eigenvalue weighted by molar-refractivity contribution is -0.123. The summed E-state index contributed by atoms with van der Waals surface area (Å²) in [6.07, 6.45) is 1.34. The molecule has 0 spiro atoms. The van der Waals surface area contributed by atoms with Crippen molar-refractivity contribution in [3.05, 3.63) is 47.5 Å². The highest BCUT2D eigenvalue weighted by molar-refractivity contribution is 6.33. The second-order valence-corrected chi connectivity index (χ2v) is 4.19. The highest BCUT2D eigenvalue weighted by Gasteiger charge is 2.23. The van der Waals surface area contributed by atoms with E-state index in [-0.39, 0.29) is 11.8 Å². The quantitative estimate of drug-likeness (QED) is 0.786. The average Bonchev–Trinajstić information content (AvgIpc) is 2.57. The monoisotopic (exact) mass is 227 g/mol. The zero-order chi connectivity index (χ0) is 12.6. The van der Waals surface area contributed by atoms with Crippen LogP contribution in [0.2, 0.25) is 0 Å². The summed E-state index contributed by atoms with van der Waals surface area (Å²) in [5.74, 6) is -0.686. The topological polar surface area (TPSA) is 46.2 Å². The van der Waals surface area contributed by atoms with Gasteiger partial charge in [-0.15, -0.1) is 0 Å². The molecule has 0 aliphatic carbocycles. The van der Waals surface area contributed by atoms with E-state index in [1.54, 1.807) is 0 Å². The first-order valence-electron chi connectivity index (χ1n) is 5.33. The van der Waals surface area contributed by atoms with Crippen molar-refractivity contribution >= 4 is 23.0 Å². The maximum absolute atomic E-state index is 11.5. The standard InChI is InChI=1S/C14H13NO2/c1-8(2)10-4-5-11(9(3)6-10)12-7-13(16)15-14(12)17/h4-7H,1H2,2-3H3,(H,15,16,17). The lowest BCUT2D eigenvalue weighted by atomic mass is 9.96. The Labute approximate surface area is 99.8 Å². The molecule has 0 atom stereocenters. The van der Waals surface area contributed by atoms with Crippen molar-refractivity contribution < 1.29 is 9.59 Å². The Morgan fingerprint density at radius 1 is 1.29 bits per heavy atom. The molecule has 0 radical (unpaired) electrons. The van der Waals surface area contributed by atoms with E-state index in [2.05, 4.69) is 11.9 Å². The van der Waals surface area contributed by atoms with E-state index < -0.39 is 0 Å². The maximum atomic E-state index is 11.5. The molecule has 1 aliphatic rings. The van der Waals surface area contributed by atoms with E-state index >= 15 is 0 Å². The second kappa shape index (κ2) is 4.01. The molecule has 1 N–H and O–H groups in total. The van der Waals surface area contributed by atoms with E-state index in [1.807, 2.05) is 32.0 Å². The number of amides is 2. The van der Waals surface area contributed by atoms with E-state index in [1.165, 1.54) is 6.08 Å². The summed E-state index contributed by atoms with van der Waals surface area (Å²) < 4.78 is 0. The number of rotatable bonds is 2. The number of carbonyl (C=O) groups is 2. The molecular weight excluding hydrogens is 214 g/mol. The lowest BCUT2D eigenvalue weighted by Crippen LogP contribution is -2.21. The molecule has 86 valence electrons. The first-order chi connectivity index (χ1) is 7.99. The van der Waals surface area contributed by atoms with Crippen LogP contribution >= 0.6 is 0 Å². The highest BCUT2D eigenvalue weighted by atomic mass is 16.2. The lowest BCUT2D eigenvalue weighted by Gasteiger charge is -2.08. The molecule has 0 aromatic heterocycles. The fourth-order valence-corrected chi connectivity index (χ4v) is 1.84. The fraction of sp³-hybridized carbons (Fsp3) is 0.143. The van der Waals surface area contributed by atoms with E-state index in [0.717, 1.165) is 22.3 Å². The Bertz CT molecular complexity index is 568. The molecular formula is C14H13NO2. The third kappa shape index (κ3) is 2.04. The van der Waals surface area contributed by atoms with Gasteiger partial charge in [0.25, 0.3) is 11.8 Å². The van der Waals surface area contributed by atoms with Gasteiger partial charge >= 0.3 is 0 Å². The summed E-state index contributed by atoms with van der Waals surface area (Å²) in [6.45, 7) is 7.72. The minimum atomic E-state index is -0.353. The zero-order valence-electron chi connectivity index (χ0n) is 9.83. The van der Waals surface area contributed by atoms with Crippen LogP contribution in [-0.2, 0) is 9.59 Å². The summed E-state index contributed by atoms with van der Waals surface area (Å²) in [7, 11) is 0. The van der Waals surface area contributed by atoms with Crippen molar-refractivity contribution in [3.8, 4) is 0 Å². The summed E-state index contributed by atoms with van der Waals surface area (Å²) >= 11 is 0. The van der Waals surface area contributed by atoms with Gasteiger partial charge in [0.05, 0.1) is 5.57 Å². The number of carbonyl (C=O) groups excluding carboxylic acids is 2. The molecule has 3 heteroatoms. The van der Waals surface area contributed by atoms with Crippen LogP contribution in [0.5, 0.6) is 0 Å². The van der Waals surface area contributed by atoms with E-state index in [0.29, 0.717) is 5.57 Å². The molecule has 1 aliphatic heterocycles. The van der Waals surface area contributed by atoms with Crippen LogP contribution in [0.25, 0.3) is 11.1 Å². The normalized spacial score (nSPS) is 14.6. The number of hydrogen-bond acceptors (Lipinski definition) is 2. The summed E-state index contributed by atoms with van der Waals surface area (Å²) in [6, 6.07) is 5.72. The maximum Gasteiger partial charge on any atom is 0.258 e. The highest BCUT2D eigenvalue weighted by Crippen LogP contribution is 2.24. The van der Waals surface area contributed by atoms with Crippen molar-refractivity contribution in [2.75, 3.05) is 0 Å². The van der Waals surface area contributed by atoms with Gasteiger partial charge in [-0.25, -0.2) is 0 Å². The van der Waals surface area contributed by atoms with Gasteiger partial charge in [0.2, 0.25) is 0 Å². The third-order valence-electron chi connectivity index (χ3n) is 2.77. The van der Waals surface area contributed by atoms with Gasteiger partial charge in [0.15, 0.2) is 0 Å². The van der Waals surface area contributed by atoms with Crippen molar-refractivity contribution in [1.29, 1.82) is 0 Å². The smallest absolute Gasteiger partial charge is 0.258 e.